The van der Waals surface area contributed by atoms with Crippen LogP contribution < -0.4 is 10.2 Å². The molecule has 0 spiro atoms. The molecule has 0 saturated carbocycles. The van der Waals surface area contributed by atoms with E-state index in [-0.39, 0.29) is 17.6 Å². The zero-order chi connectivity index (χ0) is 21.1. The normalized spacial score (nSPS) is 16.6. The highest BCUT2D eigenvalue weighted by Crippen LogP contribution is 2.29. The maximum absolute atomic E-state index is 14.9. The van der Waals surface area contributed by atoms with Crippen molar-refractivity contribution in [2.24, 2.45) is 5.92 Å². The number of halogens is 1. The van der Waals surface area contributed by atoms with E-state index in [9.17, 15) is 9.18 Å². The van der Waals surface area contributed by atoms with Gasteiger partial charge < -0.3 is 19.3 Å². The molecule has 0 radical (unpaired) electrons. The molecule has 1 aliphatic heterocycles. The first kappa shape index (κ1) is 20.1. The van der Waals surface area contributed by atoms with Gasteiger partial charge in [-0.05, 0) is 44.4 Å². The number of carbonyl (C=O) groups is 1. The Balaban J connectivity index is 1.45. The van der Waals surface area contributed by atoms with E-state index in [1.165, 1.54) is 6.07 Å². The van der Waals surface area contributed by atoms with Gasteiger partial charge in [-0.15, -0.1) is 0 Å². The first-order chi connectivity index (χ1) is 14.5. The van der Waals surface area contributed by atoms with Crippen molar-refractivity contribution in [3.63, 3.8) is 0 Å². The van der Waals surface area contributed by atoms with Gasteiger partial charge in [0, 0.05) is 31.1 Å². The molecule has 1 aromatic carbocycles. The SMILES string of the molecule is CCCc1noc(-c2ccc(N3CCCC(C(=O)Nc4cc(C)on4)C3)c(F)c2)n1. The first-order valence-electron chi connectivity index (χ1n) is 10.1. The van der Waals surface area contributed by atoms with Crippen LogP contribution in [0.15, 0.2) is 33.3 Å². The summed E-state index contributed by atoms with van der Waals surface area (Å²) < 4.78 is 25.1. The lowest BCUT2D eigenvalue weighted by molar-refractivity contribution is -0.120. The van der Waals surface area contributed by atoms with E-state index >= 15 is 0 Å². The van der Waals surface area contributed by atoms with Gasteiger partial charge in [-0.2, -0.15) is 4.98 Å². The molecule has 1 aliphatic rings. The lowest BCUT2D eigenvalue weighted by atomic mass is 9.96. The lowest BCUT2D eigenvalue weighted by Crippen LogP contribution is -2.41. The molecule has 0 bridgehead atoms. The van der Waals surface area contributed by atoms with E-state index in [1.54, 1.807) is 25.1 Å². The summed E-state index contributed by atoms with van der Waals surface area (Å²) >= 11 is 0. The molecule has 1 saturated heterocycles. The first-order valence-corrected chi connectivity index (χ1v) is 10.1. The summed E-state index contributed by atoms with van der Waals surface area (Å²) in [6.45, 7) is 4.91. The van der Waals surface area contributed by atoms with Crippen molar-refractivity contribution < 1.29 is 18.2 Å². The second-order valence-electron chi connectivity index (χ2n) is 7.53. The van der Waals surface area contributed by atoms with Crippen LogP contribution in [0.4, 0.5) is 15.9 Å². The molecular formula is C21H24FN5O3. The highest BCUT2D eigenvalue weighted by atomic mass is 19.1. The number of anilines is 2. The molecule has 9 heteroatoms. The summed E-state index contributed by atoms with van der Waals surface area (Å²) in [7, 11) is 0. The molecule has 3 aromatic rings. The summed E-state index contributed by atoms with van der Waals surface area (Å²) in [5.41, 5.74) is 1.00. The molecule has 2 aromatic heterocycles. The van der Waals surface area contributed by atoms with Crippen LogP contribution in [0.5, 0.6) is 0 Å². The van der Waals surface area contributed by atoms with Crippen LogP contribution in [0.1, 0.15) is 37.8 Å². The van der Waals surface area contributed by atoms with Gasteiger partial charge in [0.1, 0.15) is 11.6 Å². The summed E-state index contributed by atoms with van der Waals surface area (Å²) in [5.74, 6) is 1.16. The van der Waals surface area contributed by atoms with Crippen molar-refractivity contribution in [2.45, 2.75) is 39.5 Å². The maximum atomic E-state index is 14.9. The van der Waals surface area contributed by atoms with Gasteiger partial charge in [-0.3, -0.25) is 4.79 Å². The van der Waals surface area contributed by atoms with Gasteiger partial charge >= 0.3 is 0 Å². The van der Waals surface area contributed by atoms with Crippen LogP contribution in [0.25, 0.3) is 11.5 Å². The fourth-order valence-corrected chi connectivity index (χ4v) is 3.66. The molecule has 3 heterocycles. The molecule has 1 unspecified atom stereocenters. The molecule has 4 rings (SSSR count). The Bertz CT molecular complexity index is 1030. The largest absolute Gasteiger partial charge is 0.368 e. The average molecular weight is 413 g/mol. The Morgan fingerprint density at radius 3 is 2.90 bits per heavy atom. The fourth-order valence-electron chi connectivity index (χ4n) is 3.66. The molecule has 158 valence electrons. The third kappa shape index (κ3) is 4.34. The number of carbonyl (C=O) groups excluding carboxylic acids is 1. The molecular weight excluding hydrogens is 389 g/mol. The number of aryl methyl sites for hydroxylation is 2. The van der Waals surface area contributed by atoms with Gasteiger partial charge in [0.2, 0.25) is 5.91 Å². The molecule has 1 N–H and O–H groups in total. The van der Waals surface area contributed by atoms with Crippen LogP contribution in [-0.4, -0.2) is 34.3 Å². The van der Waals surface area contributed by atoms with Crippen molar-refractivity contribution >= 4 is 17.4 Å². The van der Waals surface area contributed by atoms with E-state index in [1.807, 2.05) is 11.8 Å². The van der Waals surface area contributed by atoms with E-state index in [0.29, 0.717) is 47.6 Å². The minimum Gasteiger partial charge on any atom is -0.368 e. The van der Waals surface area contributed by atoms with E-state index in [0.717, 1.165) is 25.7 Å². The lowest BCUT2D eigenvalue weighted by Gasteiger charge is -2.33. The Morgan fingerprint density at radius 2 is 2.17 bits per heavy atom. The minimum absolute atomic E-state index is 0.139. The number of aromatic nitrogens is 3. The third-order valence-electron chi connectivity index (χ3n) is 5.15. The minimum atomic E-state index is -0.379. The molecule has 8 nitrogen and oxygen atoms in total. The molecule has 1 amide bonds. The van der Waals surface area contributed by atoms with Crippen molar-refractivity contribution in [3.8, 4) is 11.5 Å². The van der Waals surface area contributed by atoms with Crippen LogP contribution in [0.2, 0.25) is 0 Å². The second-order valence-corrected chi connectivity index (χ2v) is 7.53. The average Bonchev–Trinajstić information content (AvgIpc) is 3.37. The Labute approximate surface area is 173 Å². The second kappa shape index (κ2) is 8.64. The monoisotopic (exact) mass is 413 g/mol. The molecule has 0 aliphatic carbocycles. The van der Waals surface area contributed by atoms with E-state index < -0.39 is 0 Å². The number of hydrogen-bond acceptors (Lipinski definition) is 7. The Morgan fingerprint density at radius 1 is 1.30 bits per heavy atom. The van der Waals surface area contributed by atoms with Crippen molar-refractivity contribution in [1.82, 2.24) is 15.3 Å². The van der Waals surface area contributed by atoms with Gasteiger partial charge in [-0.25, -0.2) is 4.39 Å². The summed E-state index contributed by atoms with van der Waals surface area (Å²) in [6, 6.07) is 6.54. The zero-order valence-electron chi connectivity index (χ0n) is 17.0. The molecule has 30 heavy (non-hydrogen) atoms. The maximum Gasteiger partial charge on any atom is 0.258 e. The zero-order valence-corrected chi connectivity index (χ0v) is 17.0. The summed E-state index contributed by atoms with van der Waals surface area (Å²) in [4.78, 5) is 18.8. The highest BCUT2D eigenvalue weighted by Gasteiger charge is 2.28. The van der Waals surface area contributed by atoms with Gasteiger partial charge in [0.15, 0.2) is 11.6 Å². The molecule has 1 atom stereocenters. The number of nitrogens with zero attached hydrogens (tertiary/aromatic N) is 4. The number of rotatable bonds is 6. The molecule has 1 fully saturated rings. The number of hydrogen-bond donors (Lipinski definition) is 1. The Hall–Kier alpha value is -3.23. The van der Waals surface area contributed by atoms with Crippen LogP contribution >= 0.6 is 0 Å². The van der Waals surface area contributed by atoms with Gasteiger partial charge in [0.05, 0.1) is 11.6 Å². The quantitative estimate of drug-likeness (QED) is 0.653. The summed E-state index contributed by atoms with van der Waals surface area (Å²) in [6.07, 6.45) is 3.16. The van der Waals surface area contributed by atoms with E-state index in [4.69, 9.17) is 9.05 Å². The predicted octanol–water partition coefficient (Wildman–Crippen LogP) is 3.98. The highest BCUT2D eigenvalue weighted by molar-refractivity contribution is 5.92. The van der Waals surface area contributed by atoms with Crippen molar-refractivity contribution in [3.05, 3.63) is 41.7 Å². The topological polar surface area (TPSA) is 97.3 Å². The fraction of sp³-hybridized carbons (Fsp3) is 0.429. The summed E-state index contributed by atoms with van der Waals surface area (Å²) in [5, 5.41) is 10.5. The number of amides is 1. The standard InChI is InChI=1S/C21H24FN5O3/c1-3-5-18-24-21(30-25-18)14-7-8-17(16(22)11-14)27-9-4-6-15(12-27)20(28)23-19-10-13(2)29-26-19/h7-8,10-11,15H,3-6,9,12H2,1-2H3,(H,23,26,28). The van der Waals surface area contributed by atoms with Crippen molar-refractivity contribution in [1.29, 1.82) is 0 Å². The van der Waals surface area contributed by atoms with Gasteiger partial charge in [0.25, 0.3) is 5.89 Å². The van der Waals surface area contributed by atoms with Gasteiger partial charge in [-0.1, -0.05) is 17.2 Å². The Kier molecular flexibility index (Phi) is 5.78. The van der Waals surface area contributed by atoms with E-state index in [2.05, 4.69) is 20.6 Å². The van der Waals surface area contributed by atoms with Crippen molar-refractivity contribution in [2.75, 3.05) is 23.3 Å². The number of benzene rings is 1. The van der Waals surface area contributed by atoms with Crippen LogP contribution in [0, 0.1) is 18.7 Å². The van der Waals surface area contributed by atoms with Crippen LogP contribution in [-0.2, 0) is 11.2 Å². The number of piperidine rings is 1. The smallest absolute Gasteiger partial charge is 0.258 e. The predicted molar refractivity (Wildman–Crippen MR) is 108 cm³/mol. The number of nitrogens with one attached hydrogen (secondary N) is 1. The third-order valence-corrected chi connectivity index (χ3v) is 5.15. The van der Waals surface area contributed by atoms with Crippen LogP contribution in [0.3, 0.4) is 0 Å².